The second-order valence-electron chi connectivity index (χ2n) is 1.10. The minimum Gasteiger partial charge on any atom is -0.384 e. The van der Waals surface area contributed by atoms with Gasteiger partial charge in [0.1, 0.15) is 0 Å². The molecule has 0 N–H and O–H groups in total. The van der Waals surface area contributed by atoms with Crippen LogP contribution < -0.4 is 0 Å². The monoisotopic (exact) mass is 214 g/mol. The van der Waals surface area contributed by atoms with Crippen LogP contribution in [0.15, 0.2) is 0 Å². The topological polar surface area (TPSA) is 26.3 Å². The van der Waals surface area contributed by atoms with Crippen molar-refractivity contribution in [2.75, 3.05) is 13.7 Å². The number of ether oxygens (including phenoxy) is 1. The first-order valence-electron chi connectivity index (χ1n) is 1.94. The summed E-state index contributed by atoms with van der Waals surface area (Å²) in [5, 5.41) is 0. The van der Waals surface area contributed by atoms with E-state index in [1.165, 1.54) is 0 Å². The van der Waals surface area contributed by atoms with Crippen LogP contribution in [0.25, 0.3) is 0 Å². The Hall–Kier alpha value is 0.360. The zero-order valence-corrected chi connectivity index (χ0v) is 6.27. The van der Waals surface area contributed by atoms with Crippen molar-refractivity contribution >= 4 is 26.4 Å². The lowest BCUT2D eigenvalue weighted by Crippen LogP contribution is -1.92. The third-order valence-corrected chi connectivity index (χ3v) is 1.04. The van der Waals surface area contributed by atoms with E-state index in [0.717, 1.165) is 0 Å². The van der Waals surface area contributed by atoms with Crippen LogP contribution in [0.4, 0.5) is 0 Å². The molecule has 0 aromatic heterocycles. The first-order valence-corrected chi connectivity index (χ1v) is 3.02. The maximum atomic E-state index is 10.1. The predicted molar refractivity (Wildman–Crippen MR) is 35.5 cm³/mol. The van der Waals surface area contributed by atoms with Gasteiger partial charge in [0, 0.05) is 13.5 Å². The summed E-state index contributed by atoms with van der Waals surface area (Å²) in [6, 6.07) is 0. The third-order valence-electron chi connectivity index (χ3n) is 0.503. The van der Waals surface area contributed by atoms with Gasteiger partial charge in [-0.15, -0.1) is 0 Å². The minimum atomic E-state index is 0.152. The number of carbonyl (C=O) groups is 1. The molecule has 0 aliphatic carbocycles. The van der Waals surface area contributed by atoms with Crippen LogP contribution in [0.3, 0.4) is 0 Å². The van der Waals surface area contributed by atoms with Crippen molar-refractivity contribution in [3.05, 3.63) is 0 Å². The molecule has 0 rings (SSSR count). The average Bonchev–Trinajstić information content (AvgIpc) is 1.61. The van der Waals surface area contributed by atoms with Crippen LogP contribution in [0, 0.1) is 0 Å². The molecule has 0 aliphatic heterocycles. The van der Waals surface area contributed by atoms with Gasteiger partial charge in [-0.2, -0.15) is 0 Å². The first kappa shape index (κ1) is 7.36. The van der Waals surface area contributed by atoms with Gasteiger partial charge in [-0.3, -0.25) is 4.79 Å². The van der Waals surface area contributed by atoms with E-state index in [2.05, 4.69) is 4.74 Å². The molecule has 0 saturated carbocycles. The number of hydrogen-bond acceptors (Lipinski definition) is 2. The van der Waals surface area contributed by atoms with Gasteiger partial charge in [0.05, 0.1) is 6.61 Å². The van der Waals surface area contributed by atoms with Crippen molar-refractivity contribution < 1.29 is 9.53 Å². The zero-order valence-electron chi connectivity index (χ0n) is 4.11. The highest BCUT2D eigenvalue weighted by Gasteiger charge is 1.90. The summed E-state index contributed by atoms with van der Waals surface area (Å²) in [6.45, 7) is 0.543. The van der Waals surface area contributed by atoms with E-state index in [9.17, 15) is 4.79 Å². The molecule has 0 saturated heterocycles. The molecular formula is C4H7IO2. The van der Waals surface area contributed by atoms with E-state index < -0.39 is 0 Å². The van der Waals surface area contributed by atoms with Crippen LogP contribution >= 0.6 is 22.6 Å². The Kier molecular flexibility index (Phi) is 4.75. The highest BCUT2D eigenvalue weighted by molar-refractivity contribution is 14.1. The van der Waals surface area contributed by atoms with Crippen molar-refractivity contribution in [1.82, 2.24) is 0 Å². The average molecular weight is 214 g/mol. The maximum absolute atomic E-state index is 10.1. The van der Waals surface area contributed by atoms with Crippen LogP contribution in [0.2, 0.25) is 0 Å². The molecule has 0 atom stereocenters. The largest absolute Gasteiger partial charge is 0.384 e. The van der Waals surface area contributed by atoms with Crippen LogP contribution in [0.5, 0.6) is 0 Å². The van der Waals surface area contributed by atoms with E-state index in [0.29, 0.717) is 13.0 Å². The summed E-state index contributed by atoms with van der Waals surface area (Å²) in [5.74, 6) is 0. The van der Waals surface area contributed by atoms with Gasteiger partial charge in [-0.25, -0.2) is 0 Å². The summed E-state index contributed by atoms with van der Waals surface area (Å²) in [4.78, 5) is 10.1. The maximum Gasteiger partial charge on any atom is 0.194 e. The number of hydrogen-bond donors (Lipinski definition) is 0. The molecule has 0 fully saturated rings. The number of methoxy groups -OCH3 is 1. The predicted octanol–water partition coefficient (Wildman–Crippen LogP) is 0.985. The van der Waals surface area contributed by atoms with E-state index >= 15 is 0 Å². The van der Waals surface area contributed by atoms with Gasteiger partial charge in [0.25, 0.3) is 0 Å². The molecule has 0 radical (unpaired) electrons. The van der Waals surface area contributed by atoms with Crippen molar-refractivity contribution in [3.63, 3.8) is 0 Å². The van der Waals surface area contributed by atoms with E-state index in [1.807, 2.05) is 0 Å². The fourth-order valence-corrected chi connectivity index (χ4v) is 0.403. The van der Waals surface area contributed by atoms with Gasteiger partial charge >= 0.3 is 0 Å². The van der Waals surface area contributed by atoms with Gasteiger partial charge in [-0.05, 0) is 22.6 Å². The highest BCUT2D eigenvalue weighted by Crippen LogP contribution is 1.90. The Labute approximate surface area is 56.4 Å². The van der Waals surface area contributed by atoms with Gasteiger partial charge in [0.2, 0.25) is 0 Å². The summed E-state index contributed by atoms with van der Waals surface area (Å²) in [5.41, 5.74) is 0. The zero-order chi connectivity index (χ0) is 5.70. The van der Waals surface area contributed by atoms with Gasteiger partial charge in [0.15, 0.2) is 3.79 Å². The lowest BCUT2D eigenvalue weighted by Gasteiger charge is -1.88. The third kappa shape index (κ3) is 6.36. The second kappa shape index (κ2) is 4.52. The molecule has 0 spiro atoms. The Balaban J connectivity index is 2.82. The number of carbonyl (C=O) groups excluding carboxylic acids is 1. The van der Waals surface area contributed by atoms with Crippen LogP contribution in [-0.4, -0.2) is 17.5 Å². The molecular weight excluding hydrogens is 207 g/mol. The Morgan fingerprint density at radius 3 is 2.57 bits per heavy atom. The quantitative estimate of drug-likeness (QED) is 0.517. The summed E-state index contributed by atoms with van der Waals surface area (Å²) < 4.78 is 4.78. The minimum absolute atomic E-state index is 0.152. The summed E-state index contributed by atoms with van der Waals surface area (Å²) in [7, 11) is 1.58. The summed E-state index contributed by atoms with van der Waals surface area (Å²) in [6.07, 6.45) is 0.525. The molecule has 0 aromatic carbocycles. The Morgan fingerprint density at radius 2 is 2.43 bits per heavy atom. The van der Waals surface area contributed by atoms with E-state index in [4.69, 9.17) is 0 Å². The molecule has 7 heavy (non-hydrogen) atoms. The van der Waals surface area contributed by atoms with Gasteiger partial charge < -0.3 is 4.74 Å². The molecule has 0 bridgehead atoms. The molecule has 0 heterocycles. The van der Waals surface area contributed by atoms with Crippen LogP contribution in [-0.2, 0) is 9.53 Å². The van der Waals surface area contributed by atoms with Crippen molar-refractivity contribution in [2.45, 2.75) is 6.42 Å². The molecule has 42 valence electrons. The molecule has 2 nitrogen and oxygen atoms in total. The molecule has 0 amide bonds. The van der Waals surface area contributed by atoms with Crippen LogP contribution in [0.1, 0.15) is 6.42 Å². The van der Waals surface area contributed by atoms with Crippen molar-refractivity contribution in [2.24, 2.45) is 0 Å². The second-order valence-corrected chi connectivity index (χ2v) is 2.30. The van der Waals surface area contributed by atoms with E-state index in [1.54, 1.807) is 29.7 Å². The SMILES string of the molecule is COCCC(=O)I. The Bertz CT molecular complexity index is 62.7. The first-order chi connectivity index (χ1) is 3.27. The van der Waals surface area contributed by atoms with Crippen molar-refractivity contribution in [3.8, 4) is 0 Å². The number of halogens is 1. The van der Waals surface area contributed by atoms with Crippen molar-refractivity contribution in [1.29, 1.82) is 0 Å². The van der Waals surface area contributed by atoms with Gasteiger partial charge in [-0.1, -0.05) is 0 Å². The lowest BCUT2D eigenvalue weighted by molar-refractivity contribution is -0.110. The fraction of sp³-hybridized carbons (Fsp3) is 0.750. The summed E-state index contributed by atoms with van der Waals surface area (Å²) >= 11 is 1.75. The Morgan fingerprint density at radius 1 is 1.86 bits per heavy atom. The normalized spacial score (nSPS) is 8.86. The standard InChI is InChI=1S/C4H7IO2/c1-7-3-2-4(5)6/h2-3H2,1H3. The lowest BCUT2D eigenvalue weighted by atomic mass is 10.5. The van der Waals surface area contributed by atoms with E-state index in [-0.39, 0.29) is 3.79 Å². The highest BCUT2D eigenvalue weighted by atomic mass is 127. The molecule has 3 heteroatoms. The molecule has 0 aliphatic rings. The smallest absolute Gasteiger partial charge is 0.194 e. The fourth-order valence-electron chi connectivity index (χ4n) is 0.182. The number of rotatable bonds is 3. The molecule has 0 unspecified atom stereocenters. The molecule has 0 aromatic rings.